The maximum Gasteiger partial charge on any atom is 0.405 e. The molecule has 2 rings (SSSR count). The molecule has 24 heavy (non-hydrogen) atoms. The van der Waals surface area contributed by atoms with Gasteiger partial charge in [-0.25, -0.2) is 4.79 Å². The number of aromatic nitrogens is 2. The highest BCUT2D eigenvalue weighted by Gasteiger charge is 2.27. The van der Waals surface area contributed by atoms with Crippen molar-refractivity contribution in [1.29, 1.82) is 0 Å². The molecule has 1 heterocycles. The minimum absolute atomic E-state index is 0.220. The quantitative estimate of drug-likeness (QED) is 0.763. The Balaban J connectivity index is 1.79. The third-order valence-corrected chi connectivity index (χ3v) is 2.57. The molecule has 3 N–H and O–H groups in total. The van der Waals surface area contributed by atoms with Crippen molar-refractivity contribution in [2.24, 2.45) is 0 Å². The van der Waals surface area contributed by atoms with Gasteiger partial charge in [0, 0.05) is 5.56 Å². The number of amides is 3. The topological polar surface area (TPSA) is 109 Å². The lowest BCUT2D eigenvalue weighted by Crippen LogP contribution is -2.42. The number of hydrogen-bond donors (Lipinski definition) is 3. The highest BCUT2D eigenvalue weighted by Crippen LogP contribution is 2.16. The Labute approximate surface area is 133 Å². The molecule has 0 fully saturated rings. The molecule has 0 atom stereocenters. The summed E-state index contributed by atoms with van der Waals surface area (Å²) >= 11 is 0. The summed E-state index contributed by atoms with van der Waals surface area (Å²) in [7, 11) is 0. The number of hydrogen-bond acceptors (Lipinski definition) is 5. The second-order valence-corrected chi connectivity index (χ2v) is 4.49. The fourth-order valence-electron chi connectivity index (χ4n) is 1.54. The molecule has 1 aromatic carbocycles. The number of nitrogens with zero attached hydrogens (tertiary/aromatic N) is 2. The van der Waals surface area contributed by atoms with E-state index in [4.69, 9.17) is 4.52 Å². The van der Waals surface area contributed by atoms with Crippen LogP contribution in [0.5, 0.6) is 0 Å². The summed E-state index contributed by atoms with van der Waals surface area (Å²) in [5, 5.41) is 9.49. The van der Waals surface area contributed by atoms with Crippen LogP contribution >= 0.6 is 0 Å². The molecular formula is C13H12F3N5O3. The Morgan fingerprint density at radius 2 is 1.83 bits per heavy atom. The molecule has 1 aromatic heterocycles. The monoisotopic (exact) mass is 343 g/mol. The summed E-state index contributed by atoms with van der Waals surface area (Å²) < 4.78 is 40.5. The van der Waals surface area contributed by atoms with E-state index in [9.17, 15) is 22.8 Å². The molecule has 11 heteroatoms. The van der Waals surface area contributed by atoms with E-state index < -0.39 is 31.2 Å². The first-order valence-corrected chi connectivity index (χ1v) is 6.61. The summed E-state index contributed by atoms with van der Waals surface area (Å²) in [6.45, 7) is -2.11. The van der Waals surface area contributed by atoms with Gasteiger partial charge in [0.15, 0.2) is 0 Å². The van der Waals surface area contributed by atoms with Crippen molar-refractivity contribution < 1.29 is 27.3 Å². The summed E-state index contributed by atoms with van der Waals surface area (Å²) in [5.74, 6) is -0.744. The predicted molar refractivity (Wildman–Crippen MR) is 75.8 cm³/mol. The maximum atomic E-state index is 11.9. The van der Waals surface area contributed by atoms with E-state index in [0.717, 1.165) is 0 Å². The smallest absolute Gasteiger partial charge is 0.345 e. The normalized spacial score (nSPS) is 11.0. The summed E-state index contributed by atoms with van der Waals surface area (Å²) in [6, 6.07) is 7.72. The molecule has 0 aliphatic rings. The van der Waals surface area contributed by atoms with Crippen molar-refractivity contribution in [2.75, 3.05) is 18.4 Å². The van der Waals surface area contributed by atoms with Crippen LogP contribution in [-0.2, 0) is 4.79 Å². The Hall–Kier alpha value is -3.11. The summed E-state index contributed by atoms with van der Waals surface area (Å²) in [5.41, 5.74) is 0.668. The first-order chi connectivity index (χ1) is 11.3. The molecule has 0 saturated heterocycles. The van der Waals surface area contributed by atoms with Crippen molar-refractivity contribution in [3.05, 3.63) is 30.3 Å². The Morgan fingerprint density at radius 3 is 2.50 bits per heavy atom. The van der Waals surface area contributed by atoms with Crippen LogP contribution in [-0.4, -0.2) is 41.3 Å². The van der Waals surface area contributed by atoms with E-state index in [1.807, 2.05) is 0 Å². The van der Waals surface area contributed by atoms with E-state index in [-0.39, 0.29) is 11.8 Å². The molecule has 0 aliphatic carbocycles. The number of alkyl halides is 3. The molecule has 0 bridgehead atoms. The first kappa shape index (κ1) is 17.2. The highest BCUT2D eigenvalue weighted by atomic mass is 19.4. The first-order valence-electron chi connectivity index (χ1n) is 6.61. The fraction of sp³-hybridized carbons (Fsp3) is 0.231. The van der Waals surface area contributed by atoms with Gasteiger partial charge in [-0.05, 0) is 0 Å². The molecule has 128 valence electrons. The van der Waals surface area contributed by atoms with E-state index in [1.165, 1.54) is 0 Å². The van der Waals surface area contributed by atoms with Crippen molar-refractivity contribution in [3.8, 4) is 11.4 Å². The van der Waals surface area contributed by atoms with E-state index in [0.29, 0.717) is 5.56 Å². The van der Waals surface area contributed by atoms with Gasteiger partial charge in [-0.1, -0.05) is 35.5 Å². The Morgan fingerprint density at radius 1 is 1.12 bits per heavy atom. The minimum Gasteiger partial charge on any atom is -0.345 e. The maximum absolute atomic E-state index is 11.9. The SMILES string of the molecule is O=C(CNC(=O)Nc1nc(-c2ccccc2)no1)NCC(F)(F)F. The molecule has 0 aliphatic heterocycles. The Bertz CT molecular complexity index is 702. The van der Waals surface area contributed by atoms with Gasteiger partial charge >= 0.3 is 18.2 Å². The lowest BCUT2D eigenvalue weighted by Gasteiger charge is -2.08. The number of urea groups is 1. The highest BCUT2D eigenvalue weighted by molar-refractivity contribution is 5.90. The van der Waals surface area contributed by atoms with Gasteiger partial charge in [0.05, 0.1) is 6.54 Å². The van der Waals surface area contributed by atoms with Crippen LogP contribution in [0, 0.1) is 0 Å². The van der Waals surface area contributed by atoms with Crippen LogP contribution in [0.2, 0.25) is 0 Å². The zero-order valence-electron chi connectivity index (χ0n) is 12.1. The molecule has 0 radical (unpaired) electrons. The van der Waals surface area contributed by atoms with E-state index in [1.54, 1.807) is 35.6 Å². The Kier molecular flexibility index (Phi) is 5.35. The number of halogens is 3. The second kappa shape index (κ2) is 7.44. The molecule has 8 nitrogen and oxygen atoms in total. The molecule has 0 unspecified atom stereocenters. The average Bonchev–Trinajstić information content (AvgIpc) is 2.99. The molecule has 3 amide bonds. The van der Waals surface area contributed by atoms with Crippen molar-refractivity contribution in [1.82, 2.24) is 20.8 Å². The van der Waals surface area contributed by atoms with Crippen LogP contribution < -0.4 is 16.0 Å². The number of nitrogens with one attached hydrogen (secondary N) is 3. The molecule has 2 aromatic rings. The predicted octanol–water partition coefficient (Wildman–Crippen LogP) is 1.54. The zero-order valence-corrected chi connectivity index (χ0v) is 12.1. The largest absolute Gasteiger partial charge is 0.405 e. The van der Waals surface area contributed by atoms with Crippen LogP contribution in [0.25, 0.3) is 11.4 Å². The molecule has 0 spiro atoms. The van der Waals surface area contributed by atoms with E-state index >= 15 is 0 Å². The summed E-state index contributed by atoms with van der Waals surface area (Å²) in [4.78, 5) is 26.6. The van der Waals surface area contributed by atoms with Gasteiger partial charge in [0.2, 0.25) is 11.7 Å². The molecular weight excluding hydrogens is 331 g/mol. The minimum atomic E-state index is -4.52. The van der Waals surface area contributed by atoms with Gasteiger partial charge in [-0.2, -0.15) is 18.2 Å². The van der Waals surface area contributed by atoms with Crippen LogP contribution in [0.3, 0.4) is 0 Å². The molecule has 0 saturated carbocycles. The lowest BCUT2D eigenvalue weighted by molar-refractivity contribution is -0.137. The van der Waals surface area contributed by atoms with Gasteiger partial charge in [-0.15, -0.1) is 0 Å². The second-order valence-electron chi connectivity index (χ2n) is 4.49. The van der Waals surface area contributed by atoms with Crippen LogP contribution in [0.1, 0.15) is 0 Å². The summed E-state index contributed by atoms with van der Waals surface area (Å²) in [6.07, 6.45) is -4.52. The van der Waals surface area contributed by atoms with Crippen molar-refractivity contribution >= 4 is 18.0 Å². The van der Waals surface area contributed by atoms with E-state index in [2.05, 4.69) is 20.8 Å². The van der Waals surface area contributed by atoms with Crippen molar-refractivity contribution in [3.63, 3.8) is 0 Å². The van der Waals surface area contributed by atoms with Gasteiger partial charge < -0.3 is 15.2 Å². The van der Waals surface area contributed by atoms with Crippen LogP contribution in [0.15, 0.2) is 34.9 Å². The fourth-order valence-corrected chi connectivity index (χ4v) is 1.54. The van der Waals surface area contributed by atoms with Gasteiger partial charge in [0.25, 0.3) is 0 Å². The van der Waals surface area contributed by atoms with Gasteiger partial charge in [-0.3, -0.25) is 10.1 Å². The van der Waals surface area contributed by atoms with Gasteiger partial charge in [0.1, 0.15) is 6.54 Å². The number of carbonyl (C=O) groups excluding carboxylic acids is 2. The number of rotatable bonds is 5. The average molecular weight is 343 g/mol. The third kappa shape index (κ3) is 5.59. The third-order valence-electron chi connectivity index (χ3n) is 2.57. The number of carbonyl (C=O) groups is 2. The lowest BCUT2D eigenvalue weighted by atomic mass is 10.2. The number of benzene rings is 1. The zero-order chi connectivity index (χ0) is 17.6. The van der Waals surface area contributed by atoms with Crippen molar-refractivity contribution in [2.45, 2.75) is 6.18 Å². The standard InChI is InChI=1S/C13H12F3N5O3/c14-13(15,16)7-18-9(22)6-17-11(23)20-12-19-10(21-24-12)8-4-2-1-3-5-8/h1-5H,6-7H2,(H,18,22)(H2,17,19,20,21,23). The van der Waals surface area contributed by atoms with Crippen LogP contribution in [0.4, 0.5) is 24.0 Å². The number of anilines is 1.